The van der Waals surface area contributed by atoms with E-state index in [2.05, 4.69) is 62.9 Å². The van der Waals surface area contributed by atoms with Crippen molar-refractivity contribution in [3.8, 4) is 0 Å². The van der Waals surface area contributed by atoms with Crippen LogP contribution in [0.4, 0.5) is 0 Å². The number of thiocarbonyl (C=S) groups is 2. The van der Waals surface area contributed by atoms with Crippen LogP contribution >= 0.6 is 24.4 Å². The van der Waals surface area contributed by atoms with Crippen molar-refractivity contribution in [2.75, 3.05) is 27.2 Å². The van der Waals surface area contributed by atoms with Crippen molar-refractivity contribution in [1.29, 1.82) is 0 Å². The Morgan fingerprint density at radius 2 is 1.24 bits per heavy atom. The summed E-state index contributed by atoms with van der Waals surface area (Å²) in [5, 5.41) is 0. The molecular weight excluding hydrogens is 342 g/mol. The van der Waals surface area contributed by atoms with E-state index in [9.17, 15) is 0 Å². The van der Waals surface area contributed by atoms with Crippen LogP contribution in [-0.2, 0) is 44.7 Å². The van der Waals surface area contributed by atoms with E-state index in [0.29, 0.717) is 8.64 Å². The Kier molecular flexibility index (Phi) is 19.0. The first-order valence-electron chi connectivity index (χ1n) is 4.42. The Labute approximate surface area is 139 Å². The number of likely N-dealkylation sites (N-methyl/N-ethyl adjacent to an activating group) is 2. The first-order chi connectivity index (χ1) is 7.36. The van der Waals surface area contributed by atoms with Crippen molar-refractivity contribution in [1.82, 2.24) is 9.80 Å². The van der Waals surface area contributed by atoms with Gasteiger partial charge in [0, 0.05) is 27.2 Å². The molecule has 0 rings (SSSR count). The van der Waals surface area contributed by atoms with E-state index in [4.69, 9.17) is 0 Å². The summed E-state index contributed by atoms with van der Waals surface area (Å²) in [4.78, 5) is 3.55. The fraction of sp³-hybridized carbons (Fsp3) is 0.400. The average Bonchev–Trinajstić information content (AvgIpc) is 2.19. The second kappa shape index (κ2) is 14.4. The van der Waals surface area contributed by atoms with Gasteiger partial charge in [-0.05, 0) is 0 Å². The third-order valence-corrected chi connectivity index (χ3v) is 2.68. The van der Waals surface area contributed by atoms with Gasteiger partial charge in [-0.3, -0.25) is 0 Å². The molecule has 0 aliphatic rings. The normalized spacial score (nSPS) is 7.65. The van der Waals surface area contributed by atoms with Gasteiger partial charge in [-0.15, -0.1) is 13.2 Å². The van der Waals surface area contributed by atoms with Crippen LogP contribution < -0.4 is 0 Å². The van der Waals surface area contributed by atoms with Gasteiger partial charge >= 0.3 is 19.5 Å². The first kappa shape index (κ1) is 22.5. The van der Waals surface area contributed by atoms with Gasteiger partial charge < -0.3 is 59.5 Å². The van der Waals surface area contributed by atoms with Crippen molar-refractivity contribution in [2.45, 2.75) is 0 Å². The molecule has 0 aliphatic carbocycles. The molecule has 17 heavy (non-hydrogen) atoms. The van der Waals surface area contributed by atoms with E-state index in [1.54, 1.807) is 22.0 Å². The van der Waals surface area contributed by atoms with Gasteiger partial charge in [0.05, 0.1) is 0 Å². The maximum atomic E-state index is 4.68. The van der Waals surface area contributed by atoms with Crippen LogP contribution in [0.15, 0.2) is 25.3 Å². The molecule has 0 unspecified atom stereocenters. The van der Waals surface area contributed by atoms with Crippen molar-refractivity contribution < 1.29 is 19.5 Å². The van der Waals surface area contributed by atoms with E-state index < -0.39 is 0 Å². The third-order valence-electron chi connectivity index (χ3n) is 1.43. The molecule has 0 bridgehead atoms. The molecule has 0 heterocycles. The summed E-state index contributed by atoms with van der Waals surface area (Å²) < 4.78 is 0.981. The maximum Gasteiger partial charge on any atom is 2.00 e. The van der Waals surface area contributed by atoms with E-state index in [1.165, 1.54) is 0 Å². The molecule has 0 aliphatic heterocycles. The molecule has 0 amide bonds. The Morgan fingerprint density at radius 3 is 1.29 bits per heavy atom. The van der Waals surface area contributed by atoms with Crippen LogP contribution in [0.25, 0.3) is 0 Å². The molecule has 0 aromatic heterocycles. The van der Waals surface area contributed by atoms with Crippen molar-refractivity contribution in [3.63, 3.8) is 0 Å². The van der Waals surface area contributed by atoms with Crippen LogP contribution in [0.1, 0.15) is 0 Å². The second-order valence-corrected chi connectivity index (χ2v) is 4.93. The van der Waals surface area contributed by atoms with E-state index in [-0.39, 0.29) is 19.5 Å². The minimum absolute atomic E-state index is 0. The second-order valence-electron chi connectivity index (χ2n) is 2.87. The fourth-order valence-electron chi connectivity index (χ4n) is 0.536. The van der Waals surface area contributed by atoms with Gasteiger partial charge in [-0.1, -0.05) is 20.8 Å². The predicted octanol–water partition coefficient (Wildman–Crippen LogP) is 1.87. The van der Waals surface area contributed by atoms with Gasteiger partial charge in [0.1, 0.15) is 0 Å². The van der Waals surface area contributed by atoms with Crippen molar-refractivity contribution >= 4 is 58.3 Å². The number of nitrogens with zero attached hydrogens (tertiary/aromatic N) is 2. The van der Waals surface area contributed by atoms with Crippen molar-refractivity contribution in [2.24, 2.45) is 0 Å². The smallest absolute Gasteiger partial charge is 0.411 e. The summed E-state index contributed by atoms with van der Waals surface area (Å²) in [5.74, 6) is 0. The monoisotopic (exact) mass is 356 g/mol. The summed E-state index contributed by atoms with van der Waals surface area (Å²) in [6.45, 7) is 8.55. The SMILES string of the molecule is C=CCN(C)C(=S)[S-].C=CCN(C)C(=S)[S-].[Zn+2]. The largest absolute Gasteiger partial charge is 2.00 e. The van der Waals surface area contributed by atoms with Gasteiger partial charge in [0.2, 0.25) is 0 Å². The Balaban J connectivity index is -0.000000218. The van der Waals surface area contributed by atoms with Crippen LogP contribution in [0, 0.1) is 0 Å². The van der Waals surface area contributed by atoms with Crippen LogP contribution in [0.5, 0.6) is 0 Å². The quantitative estimate of drug-likeness (QED) is 0.325. The van der Waals surface area contributed by atoms with Gasteiger partial charge in [0.25, 0.3) is 0 Å². The van der Waals surface area contributed by atoms with Crippen molar-refractivity contribution in [3.05, 3.63) is 25.3 Å². The van der Waals surface area contributed by atoms with Gasteiger partial charge in [0.15, 0.2) is 0 Å². The first-order valence-corrected chi connectivity index (χ1v) is 6.06. The summed E-state index contributed by atoms with van der Waals surface area (Å²) >= 11 is 18.7. The van der Waals surface area contributed by atoms with Crippen LogP contribution in [0.2, 0.25) is 0 Å². The summed E-state index contributed by atoms with van der Waals surface area (Å²) in [5.41, 5.74) is 0. The summed E-state index contributed by atoms with van der Waals surface area (Å²) in [6, 6.07) is 0. The Bertz CT molecular complexity index is 233. The van der Waals surface area contributed by atoms with Gasteiger partial charge in [-0.25, -0.2) is 0 Å². The summed E-state index contributed by atoms with van der Waals surface area (Å²) in [7, 11) is 3.69. The maximum absolute atomic E-state index is 4.68. The molecule has 0 spiro atoms. The molecule has 2 nitrogen and oxygen atoms in total. The molecule has 0 N–H and O–H groups in total. The molecule has 0 saturated carbocycles. The van der Waals surface area contributed by atoms with Crippen LogP contribution in [-0.4, -0.2) is 45.6 Å². The molecule has 0 fully saturated rings. The molecule has 92 valence electrons. The topological polar surface area (TPSA) is 6.48 Å². The predicted molar refractivity (Wildman–Crippen MR) is 85.6 cm³/mol. The molecule has 0 aromatic carbocycles. The zero-order valence-electron chi connectivity index (χ0n) is 10.2. The van der Waals surface area contributed by atoms with E-state index >= 15 is 0 Å². The molecule has 7 heteroatoms. The molecule has 0 saturated heterocycles. The fourth-order valence-corrected chi connectivity index (χ4v) is 0.835. The molecule has 0 radical (unpaired) electrons. The minimum Gasteiger partial charge on any atom is -0.411 e. The Morgan fingerprint density at radius 1 is 1.00 bits per heavy atom. The van der Waals surface area contributed by atoms with E-state index in [1.807, 2.05) is 14.1 Å². The number of hydrogen-bond acceptors (Lipinski definition) is 4. The van der Waals surface area contributed by atoms with Crippen LogP contribution in [0.3, 0.4) is 0 Å². The zero-order chi connectivity index (χ0) is 13.1. The molecule has 0 atom stereocenters. The standard InChI is InChI=1S/2C5H9NS2.Zn/c2*1-3-4-6(2)5(7)8;/h2*3H,1,4H2,2H3,(H,7,8);/q;;+2/p-2. The Hall–Kier alpha value is 0.323. The molecule has 0 aromatic rings. The average molecular weight is 358 g/mol. The summed E-state index contributed by atoms with van der Waals surface area (Å²) in [6.07, 6.45) is 3.52. The third kappa shape index (κ3) is 16.3. The minimum atomic E-state index is 0. The van der Waals surface area contributed by atoms with Gasteiger partial charge in [-0.2, -0.15) is 0 Å². The molecular formula is C10H16N2S4Zn. The zero-order valence-corrected chi connectivity index (χ0v) is 16.5. The number of hydrogen-bond donors (Lipinski definition) is 0. The van der Waals surface area contributed by atoms with E-state index in [0.717, 1.165) is 13.1 Å². The number of rotatable bonds is 4.